The normalized spacial score (nSPS) is 20.5. The van der Waals surface area contributed by atoms with Crippen molar-refractivity contribution >= 4 is 80.4 Å². The Morgan fingerprint density at radius 2 is 1.15 bits per heavy atom. The zero-order chi connectivity index (χ0) is 19.4. The molecule has 0 aromatic rings. The van der Waals surface area contributed by atoms with Gasteiger partial charge in [0.15, 0.2) is 0 Å². The molecule has 0 atom stereocenters. The average molecular weight is 433 g/mol. The van der Waals surface area contributed by atoms with Crippen LogP contribution in [0.2, 0.25) is 0 Å². The fraction of sp³-hybridized carbons (Fsp3) is 0.429. The van der Waals surface area contributed by atoms with E-state index in [4.69, 9.17) is 24.4 Å². The lowest BCUT2D eigenvalue weighted by atomic mass is 10.3. The Labute approximate surface area is 168 Å². The Morgan fingerprint density at radius 3 is 1.46 bits per heavy atom. The molecule has 0 radical (unpaired) electrons. The van der Waals surface area contributed by atoms with Gasteiger partial charge in [0.05, 0.1) is 9.81 Å². The Balaban J connectivity index is 2.09. The summed E-state index contributed by atoms with van der Waals surface area (Å²) in [6.07, 6.45) is -0.0294. The summed E-state index contributed by atoms with van der Waals surface area (Å²) in [6.45, 7) is 0.238. The second-order valence-corrected chi connectivity index (χ2v) is 8.55. The van der Waals surface area contributed by atoms with Gasteiger partial charge in [-0.25, -0.2) is 0 Å². The largest absolute Gasteiger partial charge is 0.550 e. The van der Waals surface area contributed by atoms with E-state index in [9.17, 15) is 29.4 Å². The van der Waals surface area contributed by atoms with Crippen molar-refractivity contribution in [3.05, 3.63) is 9.81 Å². The Kier molecular flexibility index (Phi) is 7.15. The van der Waals surface area contributed by atoms with Crippen LogP contribution in [0.15, 0.2) is 9.81 Å². The highest BCUT2D eigenvalue weighted by atomic mass is 32.2. The van der Waals surface area contributed by atoms with Gasteiger partial charge in [0.25, 0.3) is 11.8 Å². The van der Waals surface area contributed by atoms with Crippen LogP contribution >= 0.6 is 48.0 Å². The van der Waals surface area contributed by atoms with Crippen LogP contribution in [0.25, 0.3) is 0 Å². The van der Waals surface area contributed by atoms with Crippen LogP contribution in [0.3, 0.4) is 0 Å². The van der Waals surface area contributed by atoms with Crippen molar-refractivity contribution in [2.24, 2.45) is 0 Å². The molecule has 0 N–H and O–H groups in total. The smallest absolute Gasteiger partial charge is 0.267 e. The van der Waals surface area contributed by atoms with E-state index in [1.807, 2.05) is 0 Å². The fourth-order valence-electron chi connectivity index (χ4n) is 2.22. The van der Waals surface area contributed by atoms with E-state index in [1.165, 1.54) is 9.80 Å². The highest BCUT2D eigenvalue weighted by molar-refractivity contribution is 8.29. The van der Waals surface area contributed by atoms with E-state index in [2.05, 4.69) is 0 Å². The Hall–Kier alpha value is -1.50. The molecule has 2 amide bonds. The van der Waals surface area contributed by atoms with Gasteiger partial charge in [-0.2, -0.15) is 0 Å². The summed E-state index contributed by atoms with van der Waals surface area (Å²) < 4.78 is 0.483. The maximum atomic E-state index is 12.5. The molecule has 2 rings (SSSR count). The SMILES string of the molecule is O=C([O-])CCCN1C(=O)/C(=C2\SC(=S)N(CCCC(=O)[O-])C2=O)SC1=S. The predicted molar refractivity (Wildman–Crippen MR) is 99.3 cm³/mol. The predicted octanol–water partition coefficient (Wildman–Crippen LogP) is -1.02. The number of amides is 2. The lowest BCUT2D eigenvalue weighted by molar-refractivity contribution is -0.307. The molecule has 0 aromatic carbocycles. The minimum absolute atomic E-state index is 0.119. The summed E-state index contributed by atoms with van der Waals surface area (Å²) in [5.41, 5.74) is 0. The number of carbonyl (C=O) groups is 4. The first-order valence-corrected chi connectivity index (χ1v) is 9.88. The van der Waals surface area contributed by atoms with Crippen molar-refractivity contribution in [1.82, 2.24) is 9.80 Å². The van der Waals surface area contributed by atoms with E-state index in [-0.39, 0.29) is 57.2 Å². The second kappa shape index (κ2) is 8.93. The van der Waals surface area contributed by atoms with Gasteiger partial charge >= 0.3 is 0 Å². The van der Waals surface area contributed by atoms with E-state index in [0.717, 1.165) is 23.5 Å². The van der Waals surface area contributed by atoms with E-state index in [0.29, 0.717) is 0 Å². The summed E-state index contributed by atoms with van der Waals surface area (Å²) >= 11 is 12.2. The number of thiocarbonyl (C=S) groups is 2. The molecule has 2 fully saturated rings. The van der Waals surface area contributed by atoms with Gasteiger partial charge in [0.2, 0.25) is 0 Å². The quantitative estimate of drug-likeness (QED) is 0.348. The number of rotatable bonds is 8. The summed E-state index contributed by atoms with van der Waals surface area (Å²) in [5, 5.41) is 21.0. The molecule has 140 valence electrons. The number of thioether (sulfide) groups is 2. The number of carbonyl (C=O) groups excluding carboxylic acids is 4. The molecular formula is C14H12N2O6S4-2. The molecule has 0 aliphatic carbocycles. The number of carboxylic acids is 2. The van der Waals surface area contributed by atoms with Crippen molar-refractivity contribution in [2.45, 2.75) is 25.7 Å². The van der Waals surface area contributed by atoms with Crippen molar-refractivity contribution in [2.75, 3.05) is 13.1 Å². The van der Waals surface area contributed by atoms with Gasteiger partial charge in [0, 0.05) is 25.0 Å². The third kappa shape index (κ3) is 4.81. The van der Waals surface area contributed by atoms with Gasteiger partial charge in [0.1, 0.15) is 8.64 Å². The highest BCUT2D eigenvalue weighted by Crippen LogP contribution is 2.42. The van der Waals surface area contributed by atoms with Crippen molar-refractivity contribution < 1.29 is 29.4 Å². The fourth-order valence-corrected chi connectivity index (χ4v) is 4.99. The van der Waals surface area contributed by atoms with Gasteiger partial charge < -0.3 is 19.8 Å². The first-order valence-electron chi connectivity index (χ1n) is 7.43. The van der Waals surface area contributed by atoms with Crippen LogP contribution in [-0.4, -0.2) is 55.3 Å². The molecule has 0 bridgehead atoms. The van der Waals surface area contributed by atoms with Crippen molar-refractivity contribution in [1.29, 1.82) is 0 Å². The molecule has 2 aliphatic heterocycles. The first kappa shape index (κ1) is 20.8. The number of nitrogens with zero attached hydrogens (tertiary/aromatic N) is 2. The topological polar surface area (TPSA) is 121 Å². The minimum Gasteiger partial charge on any atom is -0.550 e. The van der Waals surface area contributed by atoms with E-state index in [1.54, 1.807) is 0 Å². The third-order valence-electron chi connectivity index (χ3n) is 3.43. The van der Waals surface area contributed by atoms with Crippen LogP contribution in [0.4, 0.5) is 0 Å². The number of carboxylic acid groups (broad SMARTS) is 2. The van der Waals surface area contributed by atoms with Gasteiger partial charge in [-0.3, -0.25) is 19.4 Å². The van der Waals surface area contributed by atoms with Crippen LogP contribution < -0.4 is 10.2 Å². The average Bonchev–Trinajstić information content (AvgIpc) is 2.98. The summed E-state index contributed by atoms with van der Waals surface area (Å²) in [7, 11) is 0. The Morgan fingerprint density at radius 1 is 0.808 bits per heavy atom. The monoisotopic (exact) mass is 432 g/mol. The summed E-state index contributed by atoms with van der Waals surface area (Å²) in [6, 6.07) is 0. The zero-order valence-electron chi connectivity index (χ0n) is 13.2. The Bertz CT molecular complexity index is 675. The molecule has 2 saturated heterocycles. The maximum absolute atomic E-state index is 12.5. The molecule has 0 spiro atoms. The van der Waals surface area contributed by atoms with E-state index >= 15 is 0 Å². The van der Waals surface area contributed by atoms with Crippen LogP contribution in [0, 0.1) is 0 Å². The van der Waals surface area contributed by atoms with Gasteiger partial charge in [-0.15, -0.1) is 0 Å². The molecule has 12 heteroatoms. The standard InChI is InChI=1S/C14H14N2O6S4/c17-7(18)3-1-5-15-11(21)9(25-13(15)23)10-12(22)16(14(24)26-10)6-2-4-8(19)20/h1-6H2,(H,17,18)(H,19,20)/p-2/b10-9+. The van der Waals surface area contributed by atoms with Crippen LogP contribution in [0.5, 0.6) is 0 Å². The third-order valence-corrected chi connectivity index (χ3v) is 6.46. The number of hydrogen-bond donors (Lipinski definition) is 0. The molecule has 2 heterocycles. The van der Waals surface area contributed by atoms with Gasteiger partial charge in [-0.1, -0.05) is 48.0 Å². The highest BCUT2D eigenvalue weighted by Gasteiger charge is 2.41. The molecule has 0 unspecified atom stereocenters. The van der Waals surface area contributed by atoms with Crippen LogP contribution in [-0.2, 0) is 19.2 Å². The first-order chi connectivity index (χ1) is 12.2. The molecular weight excluding hydrogens is 420 g/mol. The molecule has 0 saturated carbocycles. The zero-order valence-corrected chi connectivity index (χ0v) is 16.5. The minimum atomic E-state index is -1.21. The summed E-state index contributed by atoms with van der Waals surface area (Å²) in [5.74, 6) is -3.36. The summed E-state index contributed by atoms with van der Waals surface area (Å²) in [4.78, 5) is 48.8. The van der Waals surface area contributed by atoms with Crippen LogP contribution in [0.1, 0.15) is 25.7 Å². The maximum Gasteiger partial charge on any atom is 0.267 e. The van der Waals surface area contributed by atoms with Gasteiger partial charge in [-0.05, 0) is 25.7 Å². The second-order valence-electron chi connectivity index (χ2n) is 5.26. The molecule has 8 nitrogen and oxygen atoms in total. The lowest BCUT2D eigenvalue weighted by Crippen LogP contribution is -2.32. The number of aliphatic carboxylic acids is 2. The van der Waals surface area contributed by atoms with Crippen molar-refractivity contribution in [3.8, 4) is 0 Å². The molecule has 2 aliphatic rings. The lowest BCUT2D eigenvalue weighted by Gasteiger charge is -2.14. The molecule has 26 heavy (non-hydrogen) atoms. The molecule has 0 aromatic heterocycles. The van der Waals surface area contributed by atoms with E-state index < -0.39 is 23.8 Å². The number of hydrogen-bond acceptors (Lipinski definition) is 10. The van der Waals surface area contributed by atoms with Crippen molar-refractivity contribution in [3.63, 3.8) is 0 Å².